The molecule has 1 aliphatic rings. The fourth-order valence-corrected chi connectivity index (χ4v) is 2.83. The molecule has 1 aliphatic heterocycles. The average molecular weight is 314 g/mol. The molecule has 6 nitrogen and oxygen atoms in total. The van der Waals surface area contributed by atoms with Gasteiger partial charge in [-0.3, -0.25) is 4.79 Å². The Labute approximate surface area is 135 Å². The van der Waals surface area contributed by atoms with Gasteiger partial charge < -0.3 is 19.9 Å². The largest absolute Gasteiger partial charge is 0.495 e. The van der Waals surface area contributed by atoms with Crippen LogP contribution in [0, 0.1) is 6.92 Å². The van der Waals surface area contributed by atoms with Gasteiger partial charge in [-0.05, 0) is 44.5 Å². The second-order valence-electron chi connectivity index (χ2n) is 5.83. The minimum atomic E-state index is -0.0645. The smallest absolute Gasteiger partial charge is 0.251 e. The Bertz CT molecular complexity index is 690. The predicted molar refractivity (Wildman–Crippen MR) is 88.2 cm³/mol. The normalized spacial score (nSPS) is 17.7. The van der Waals surface area contributed by atoms with Crippen molar-refractivity contribution in [2.75, 3.05) is 20.2 Å². The number of imidazole rings is 1. The summed E-state index contributed by atoms with van der Waals surface area (Å²) >= 11 is 0. The van der Waals surface area contributed by atoms with Crippen LogP contribution in [0.3, 0.4) is 0 Å². The number of nitrogens with one attached hydrogen (secondary N) is 2. The molecular formula is C17H22N4O2. The minimum Gasteiger partial charge on any atom is -0.495 e. The topological polar surface area (TPSA) is 68.2 Å². The van der Waals surface area contributed by atoms with Crippen molar-refractivity contribution in [1.29, 1.82) is 0 Å². The lowest BCUT2D eigenvalue weighted by molar-refractivity contribution is 0.0930. The van der Waals surface area contributed by atoms with Crippen molar-refractivity contribution >= 4 is 5.91 Å². The molecule has 0 spiro atoms. The zero-order valence-electron chi connectivity index (χ0n) is 13.5. The summed E-state index contributed by atoms with van der Waals surface area (Å²) in [5.41, 5.74) is 2.40. The van der Waals surface area contributed by atoms with E-state index in [9.17, 15) is 4.79 Å². The molecule has 1 saturated heterocycles. The van der Waals surface area contributed by atoms with Gasteiger partial charge in [-0.25, -0.2) is 4.98 Å². The van der Waals surface area contributed by atoms with Crippen LogP contribution < -0.4 is 15.4 Å². The molecular weight excluding hydrogens is 292 g/mol. The Hall–Kier alpha value is -2.34. The van der Waals surface area contributed by atoms with Gasteiger partial charge in [-0.2, -0.15) is 0 Å². The van der Waals surface area contributed by atoms with Crippen molar-refractivity contribution in [3.8, 4) is 11.4 Å². The molecule has 23 heavy (non-hydrogen) atoms. The number of aromatic nitrogens is 2. The molecule has 1 aromatic heterocycles. The van der Waals surface area contributed by atoms with Gasteiger partial charge in [0.25, 0.3) is 5.91 Å². The number of carbonyl (C=O) groups excluding carboxylic acids is 1. The van der Waals surface area contributed by atoms with Crippen molar-refractivity contribution in [3.63, 3.8) is 0 Å². The Morgan fingerprint density at radius 3 is 3.00 bits per heavy atom. The van der Waals surface area contributed by atoms with Gasteiger partial charge >= 0.3 is 0 Å². The first kappa shape index (κ1) is 15.6. The first-order chi connectivity index (χ1) is 11.2. The molecule has 1 aromatic carbocycles. The van der Waals surface area contributed by atoms with Gasteiger partial charge in [0.2, 0.25) is 0 Å². The van der Waals surface area contributed by atoms with Gasteiger partial charge in [0.05, 0.1) is 24.8 Å². The lowest BCUT2D eigenvalue weighted by atomic mass is 10.1. The quantitative estimate of drug-likeness (QED) is 0.901. The first-order valence-corrected chi connectivity index (χ1v) is 7.88. The zero-order valence-corrected chi connectivity index (χ0v) is 13.5. The highest BCUT2D eigenvalue weighted by atomic mass is 16.5. The number of methoxy groups -OCH3 is 1. The molecule has 0 aliphatic carbocycles. The molecule has 2 N–H and O–H groups in total. The number of hydrogen-bond acceptors (Lipinski definition) is 4. The van der Waals surface area contributed by atoms with Crippen molar-refractivity contribution in [2.24, 2.45) is 0 Å². The second-order valence-corrected chi connectivity index (χ2v) is 5.83. The summed E-state index contributed by atoms with van der Waals surface area (Å²) in [6.07, 6.45) is 5.77. The standard InChI is InChI=1S/C17H22N4O2/c1-12-10-21(11-19-12)15-6-5-13(8-16(15)23-2)17(22)20-14-4-3-7-18-9-14/h5-6,8,10-11,14,18H,3-4,7,9H2,1-2H3,(H,20,22)/t14-/m0/s1. The van der Waals surface area contributed by atoms with Crippen molar-refractivity contribution < 1.29 is 9.53 Å². The number of nitrogens with zero attached hydrogens (tertiary/aromatic N) is 2. The molecule has 2 heterocycles. The first-order valence-electron chi connectivity index (χ1n) is 7.88. The molecule has 0 bridgehead atoms. The number of rotatable bonds is 4. The average Bonchev–Trinajstić information content (AvgIpc) is 3.01. The van der Waals surface area contributed by atoms with E-state index in [0.29, 0.717) is 11.3 Å². The monoisotopic (exact) mass is 314 g/mol. The predicted octanol–water partition coefficient (Wildman–Crippen LogP) is 1.67. The van der Waals surface area contributed by atoms with E-state index in [2.05, 4.69) is 15.6 Å². The number of carbonyl (C=O) groups is 1. The Balaban J connectivity index is 1.79. The van der Waals surface area contributed by atoms with E-state index >= 15 is 0 Å². The van der Waals surface area contributed by atoms with Gasteiger partial charge in [0, 0.05) is 24.3 Å². The van der Waals surface area contributed by atoms with Gasteiger partial charge in [-0.1, -0.05) is 0 Å². The SMILES string of the molecule is COc1cc(C(=O)N[C@H]2CCCNC2)ccc1-n1cnc(C)c1. The molecule has 1 amide bonds. The maximum absolute atomic E-state index is 12.4. The number of aryl methyl sites for hydroxylation is 1. The number of piperidine rings is 1. The van der Waals surface area contributed by atoms with Crippen LogP contribution >= 0.6 is 0 Å². The molecule has 0 radical (unpaired) electrons. The lowest BCUT2D eigenvalue weighted by Gasteiger charge is -2.24. The molecule has 6 heteroatoms. The minimum absolute atomic E-state index is 0.0645. The lowest BCUT2D eigenvalue weighted by Crippen LogP contribution is -2.45. The van der Waals surface area contributed by atoms with E-state index in [1.807, 2.05) is 29.8 Å². The third kappa shape index (κ3) is 3.53. The molecule has 2 aromatic rings. The van der Waals surface area contributed by atoms with Crippen LogP contribution in [-0.2, 0) is 0 Å². The van der Waals surface area contributed by atoms with Crippen LogP contribution in [0.4, 0.5) is 0 Å². The van der Waals surface area contributed by atoms with Crippen LogP contribution in [0.5, 0.6) is 5.75 Å². The van der Waals surface area contributed by atoms with Crippen LogP contribution in [0.2, 0.25) is 0 Å². The summed E-state index contributed by atoms with van der Waals surface area (Å²) in [5, 5.41) is 6.37. The van der Waals surface area contributed by atoms with E-state index in [-0.39, 0.29) is 11.9 Å². The number of hydrogen-bond donors (Lipinski definition) is 2. The number of amides is 1. The molecule has 1 fully saturated rings. The fraction of sp³-hybridized carbons (Fsp3) is 0.412. The van der Waals surface area contributed by atoms with Crippen LogP contribution in [-0.4, -0.2) is 41.7 Å². The third-order valence-corrected chi connectivity index (χ3v) is 4.06. The number of benzene rings is 1. The van der Waals surface area contributed by atoms with Crippen LogP contribution in [0.1, 0.15) is 28.9 Å². The maximum atomic E-state index is 12.4. The fourth-order valence-electron chi connectivity index (χ4n) is 2.83. The third-order valence-electron chi connectivity index (χ3n) is 4.06. The highest BCUT2D eigenvalue weighted by Gasteiger charge is 2.17. The summed E-state index contributed by atoms with van der Waals surface area (Å²) in [4.78, 5) is 16.6. The zero-order chi connectivity index (χ0) is 16.2. The van der Waals surface area contributed by atoms with Gasteiger partial charge in [0.15, 0.2) is 0 Å². The Morgan fingerprint density at radius 1 is 1.48 bits per heavy atom. The van der Waals surface area contributed by atoms with E-state index in [4.69, 9.17) is 4.74 Å². The van der Waals surface area contributed by atoms with Crippen LogP contribution in [0.15, 0.2) is 30.7 Å². The summed E-state index contributed by atoms with van der Waals surface area (Å²) < 4.78 is 7.34. The number of ether oxygens (including phenoxy) is 1. The summed E-state index contributed by atoms with van der Waals surface area (Å²) in [7, 11) is 1.61. The van der Waals surface area contributed by atoms with Gasteiger partial charge in [0.1, 0.15) is 5.75 Å². The molecule has 1 atom stereocenters. The second kappa shape index (κ2) is 6.83. The van der Waals surface area contributed by atoms with Crippen molar-refractivity contribution in [2.45, 2.75) is 25.8 Å². The molecule has 122 valence electrons. The molecule has 0 saturated carbocycles. The summed E-state index contributed by atoms with van der Waals surface area (Å²) in [6.45, 7) is 3.79. The van der Waals surface area contributed by atoms with E-state index in [1.54, 1.807) is 19.5 Å². The van der Waals surface area contributed by atoms with Crippen LogP contribution in [0.25, 0.3) is 5.69 Å². The Morgan fingerprint density at radius 2 is 2.35 bits per heavy atom. The van der Waals surface area contributed by atoms with Gasteiger partial charge in [-0.15, -0.1) is 0 Å². The van der Waals surface area contributed by atoms with E-state index < -0.39 is 0 Å². The highest BCUT2D eigenvalue weighted by Crippen LogP contribution is 2.24. The molecule has 0 unspecified atom stereocenters. The summed E-state index contributed by atoms with van der Waals surface area (Å²) in [6, 6.07) is 5.67. The highest BCUT2D eigenvalue weighted by molar-refractivity contribution is 5.95. The van der Waals surface area contributed by atoms with E-state index in [0.717, 1.165) is 37.3 Å². The van der Waals surface area contributed by atoms with Crippen molar-refractivity contribution in [1.82, 2.24) is 20.2 Å². The maximum Gasteiger partial charge on any atom is 0.251 e. The van der Waals surface area contributed by atoms with E-state index in [1.165, 1.54) is 0 Å². The Kier molecular flexibility index (Phi) is 4.62. The molecule has 3 rings (SSSR count). The summed E-state index contributed by atoms with van der Waals surface area (Å²) in [5.74, 6) is 0.585. The van der Waals surface area contributed by atoms with Crippen molar-refractivity contribution in [3.05, 3.63) is 42.0 Å².